The maximum absolute atomic E-state index is 6.06. The predicted molar refractivity (Wildman–Crippen MR) is 97.0 cm³/mol. The van der Waals surface area contributed by atoms with E-state index in [-0.39, 0.29) is 6.10 Å². The molecule has 0 aliphatic carbocycles. The van der Waals surface area contributed by atoms with Gasteiger partial charge in [0, 0.05) is 51.6 Å². The van der Waals surface area contributed by atoms with Gasteiger partial charge in [0.1, 0.15) is 29.8 Å². The van der Waals surface area contributed by atoms with Crippen molar-refractivity contribution in [1.82, 2.24) is 15.0 Å². The second-order valence-electron chi connectivity index (χ2n) is 6.61. The van der Waals surface area contributed by atoms with E-state index in [9.17, 15) is 0 Å². The molecule has 0 bridgehead atoms. The van der Waals surface area contributed by atoms with E-state index >= 15 is 0 Å². The Kier molecular flexibility index (Phi) is 3.96. The van der Waals surface area contributed by atoms with Crippen LogP contribution in [0.3, 0.4) is 0 Å². The zero-order valence-corrected chi connectivity index (χ0v) is 14.7. The molecular weight excluding hydrogens is 322 g/mol. The number of hydrogen-bond acceptors (Lipinski definition) is 7. The molecule has 2 aliphatic heterocycles. The van der Waals surface area contributed by atoms with E-state index in [1.165, 1.54) is 0 Å². The Bertz CT molecular complexity index is 705. The lowest BCUT2D eigenvalue weighted by Crippen LogP contribution is -2.59. The van der Waals surface area contributed by atoms with Gasteiger partial charge in [0.2, 0.25) is 0 Å². The van der Waals surface area contributed by atoms with Crippen LogP contribution in [0.2, 0.25) is 0 Å². The van der Waals surface area contributed by atoms with Gasteiger partial charge in [0.25, 0.3) is 0 Å². The molecule has 2 aromatic rings. The molecule has 24 heavy (non-hydrogen) atoms. The highest BCUT2D eigenvalue weighted by atomic mass is 32.2. The molecule has 2 aromatic heterocycles. The largest absolute Gasteiger partial charge is 0.488 e. The third-order valence-electron chi connectivity index (χ3n) is 4.49. The highest BCUT2D eigenvalue weighted by Gasteiger charge is 2.50. The first-order chi connectivity index (χ1) is 11.6. The van der Waals surface area contributed by atoms with Crippen LogP contribution in [0.4, 0.5) is 11.6 Å². The lowest BCUT2D eigenvalue weighted by molar-refractivity contribution is 0.201. The highest BCUT2D eigenvalue weighted by Crippen LogP contribution is 2.47. The number of hydrogen-bond donors (Lipinski definition) is 0. The van der Waals surface area contributed by atoms with E-state index in [2.05, 4.69) is 25.9 Å². The van der Waals surface area contributed by atoms with E-state index in [0.717, 1.165) is 42.6 Å². The van der Waals surface area contributed by atoms with Gasteiger partial charge < -0.3 is 14.5 Å². The Morgan fingerprint density at radius 1 is 1.33 bits per heavy atom. The lowest BCUT2D eigenvalue weighted by atomic mass is 9.93. The number of anilines is 2. The van der Waals surface area contributed by atoms with Crippen LogP contribution in [0, 0.1) is 0 Å². The van der Waals surface area contributed by atoms with Crippen molar-refractivity contribution >= 4 is 23.4 Å². The van der Waals surface area contributed by atoms with E-state index in [1.54, 1.807) is 18.7 Å². The van der Waals surface area contributed by atoms with Gasteiger partial charge in [-0.15, -0.1) is 11.8 Å². The van der Waals surface area contributed by atoms with Gasteiger partial charge in [-0.25, -0.2) is 9.97 Å². The van der Waals surface area contributed by atoms with E-state index in [0.29, 0.717) is 4.75 Å². The standard InChI is InChI=1S/C17H21N5OS/c1-21(2)15-6-16(20-12-19-15)22-10-17(11-22)7-14(9-24-17)23-13-4-3-5-18-8-13/h3-6,8,12,14H,7,9-11H2,1-2H3/t14-/m1/s1. The number of aromatic nitrogens is 3. The Morgan fingerprint density at radius 2 is 2.21 bits per heavy atom. The van der Waals surface area contributed by atoms with Gasteiger partial charge in [0.15, 0.2) is 0 Å². The summed E-state index contributed by atoms with van der Waals surface area (Å²) in [5, 5.41) is 0. The molecule has 126 valence electrons. The molecule has 2 fully saturated rings. The van der Waals surface area contributed by atoms with Crippen molar-refractivity contribution in [3.63, 3.8) is 0 Å². The maximum atomic E-state index is 6.06. The minimum atomic E-state index is 0.268. The van der Waals surface area contributed by atoms with Gasteiger partial charge in [-0.1, -0.05) is 0 Å². The Balaban J connectivity index is 1.36. The van der Waals surface area contributed by atoms with Crippen LogP contribution in [-0.2, 0) is 0 Å². The van der Waals surface area contributed by atoms with Crippen molar-refractivity contribution in [2.75, 3.05) is 42.7 Å². The van der Waals surface area contributed by atoms with Crippen molar-refractivity contribution < 1.29 is 4.74 Å². The third kappa shape index (κ3) is 3.00. The van der Waals surface area contributed by atoms with Crippen molar-refractivity contribution in [3.8, 4) is 5.75 Å². The molecule has 0 saturated carbocycles. The van der Waals surface area contributed by atoms with Crippen LogP contribution < -0.4 is 14.5 Å². The summed E-state index contributed by atoms with van der Waals surface area (Å²) in [6.07, 6.45) is 6.54. The zero-order valence-electron chi connectivity index (χ0n) is 13.9. The first-order valence-corrected chi connectivity index (χ1v) is 9.07. The summed E-state index contributed by atoms with van der Waals surface area (Å²) < 4.78 is 6.37. The van der Waals surface area contributed by atoms with Gasteiger partial charge >= 0.3 is 0 Å². The summed E-state index contributed by atoms with van der Waals surface area (Å²) in [5.74, 6) is 3.85. The molecular formula is C17H21N5OS. The predicted octanol–water partition coefficient (Wildman–Crippen LogP) is 2.08. The van der Waals surface area contributed by atoms with Crippen molar-refractivity contribution in [1.29, 1.82) is 0 Å². The molecule has 1 atom stereocenters. The molecule has 0 unspecified atom stereocenters. The van der Waals surface area contributed by atoms with Gasteiger partial charge in [-0.2, -0.15) is 0 Å². The van der Waals surface area contributed by atoms with Crippen LogP contribution in [0.15, 0.2) is 36.9 Å². The van der Waals surface area contributed by atoms with Crippen molar-refractivity contribution in [3.05, 3.63) is 36.9 Å². The molecule has 0 N–H and O–H groups in total. The average molecular weight is 343 g/mol. The molecule has 0 aromatic carbocycles. The van der Waals surface area contributed by atoms with E-state index < -0.39 is 0 Å². The quantitative estimate of drug-likeness (QED) is 0.842. The number of thioether (sulfide) groups is 1. The summed E-state index contributed by atoms with van der Waals surface area (Å²) in [5.41, 5.74) is 0. The lowest BCUT2D eigenvalue weighted by Gasteiger charge is -2.48. The SMILES string of the molecule is CN(C)c1cc(N2CC3(C[C@@H](Oc4cccnc4)CS3)C2)ncn1. The topological polar surface area (TPSA) is 54.4 Å². The minimum Gasteiger partial charge on any atom is -0.488 e. The second-order valence-corrected chi connectivity index (χ2v) is 8.10. The average Bonchev–Trinajstić information content (AvgIpc) is 2.99. The number of nitrogens with zero attached hydrogens (tertiary/aromatic N) is 5. The molecule has 0 radical (unpaired) electrons. The Morgan fingerprint density at radius 3 is 2.96 bits per heavy atom. The first kappa shape index (κ1) is 15.5. The van der Waals surface area contributed by atoms with Gasteiger partial charge in [-0.05, 0) is 12.1 Å². The first-order valence-electron chi connectivity index (χ1n) is 8.09. The highest BCUT2D eigenvalue weighted by molar-refractivity contribution is 8.01. The molecule has 1 spiro atoms. The number of pyridine rings is 1. The normalized spacial score (nSPS) is 21.6. The van der Waals surface area contributed by atoms with Crippen molar-refractivity contribution in [2.24, 2.45) is 0 Å². The van der Waals surface area contributed by atoms with Crippen LogP contribution in [0.1, 0.15) is 6.42 Å². The third-order valence-corrected chi connectivity index (χ3v) is 6.07. The van der Waals surface area contributed by atoms with Gasteiger partial charge in [-0.3, -0.25) is 4.98 Å². The number of rotatable bonds is 4. The molecule has 6 nitrogen and oxygen atoms in total. The van der Waals surface area contributed by atoms with Crippen LogP contribution in [0.5, 0.6) is 5.75 Å². The summed E-state index contributed by atoms with van der Waals surface area (Å²) in [6, 6.07) is 5.94. The van der Waals surface area contributed by atoms with Crippen LogP contribution >= 0.6 is 11.8 Å². The maximum Gasteiger partial charge on any atom is 0.138 e. The molecule has 4 heterocycles. The van der Waals surface area contributed by atoms with Crippen LogP contribution in [0.25, 0.3) is 0 Å². The Labute approximate surface area is 146 Å². The summed E-state index contributed by atoms with van der Waals surface area (Å²) in [6.45, 7) is 2.04. The fraction of sp³-hybridized carbons (Fsp3) is 0.471. The van der Waals surface area contributed by atoms with Crippen LogP contribution in [-0.4, -0.2) is 58.7 Å². The number of ether oxygens (including phenoxy) is 1. The fourth-order valence-corrected chi connectivity index (χ4v) is 4.80. The minimum absolute atomic E-state index is 0.268. The van der Waals surface area contributed by atoms with E-state index in [1.807, 2.05) is 42.9 Å². The second kappa shape index (κ2) is 6.12. The monoisotopic (exact) mass is 343 g/mol. The molecule has 0 amide bonds. The molecule has 7 heteroatoms. The molecule has 2 aliphatic rings. The smallest absolute Gasteiger partial charge is 0.138 e. The summed E-state index contributed by atoms with van der Waals surface area (Å²) in [7, 11) is 3.99. The summed E-state index contributed by atoms with van der Waals surface area (Å²) >= 11 is 2.03. The zero-order chi connectivity index (χ0) is 16.6. The van der Waals surface area contributed by atoms with Crippen molar-refractivity contribution in [2.45, 2.75) is 17.3 Å². The van der Waals surface area contributed by atoms with Gasteiger partial charge in [0.05, 0.1) is 10.9 Å². The Hall–Kier alpha value is -2.02. The molecule has 2 saturated heterocycles. The summed E-state index contributed by atoms with van der Waals surface area (Å²) in [4.78, 5) is 17.2. The molecule has 4 rings (SSSR count). The fourth-order valence-electron chi connectivity index (χ4n) is 3.27. The van der Waals surface area contributed by atoms with E-state index in [4.69, 9.17) is 4.74 Å².